The Hall–Kier alpha value is -3.89. The second kappa shape index (κ2) is 7.74. The number of benzene rings is 3. The van der Waals surface area contributed by atoms with E-state index in [0.29, 0.717) is 27.6 Å². The molecule has 150 valence electrons. The third kappa shape index (κ3) is 3.18. The van der Waals surface area contributed by atoms with E-state index in [1.807, 2.05) is 84.1 Å². The summed E-state index contributed by atoms with van der Waals surface area (Å²) in [4.78, 5) is 13.4. The summed E-state index contributed by atoms with van der Waals surface area (Å²) in [6.45, 7) is 1.97. The number of nitriles is 1. The van der Waals surface area contributed by atoms with Gasteiger partial charge in [0.1, 0.15) is 0 Å². The van der Waals surface area contributed by atoms with E-state index in [0.717, 1.165) is 22.3 Å². The Morgan fingerprint density at radius 1 is 0.968 bits per heavy atom. The van der Waals surface area contributed by atoms with Gasteiger partial charge in [-0.2, -0.15) is 5.26 Å². The Morgan fingerprint density at radius 3 is 2.55 bits per heavy atom. The van der Waals surface area contributed by atoms with E-state index in [1.165, 1.54) is 11.8 Å². The lowest BCUT2D eigenvalue weighted by Gasteiger charge is -2.13. The Labute approximate surface area is 182 Å². The molecule has 0 spiro atoms. The van der Waals surface area contributed by atoms with Crippen molar-refractivity contribution in [3.8, 4) is 11.8 Å². The zero-order chi connectivity index (χ0) is 21.4. The van der Waals surface area contributed by atoms with Crippen molar-refractivity contribution >= 4 is 28.4 Å². The second-order valence-corrected chi connectivity index (χ2v) is 8.06. The van der Waals surface area contributed by atoms with E-state index in [4.69, 9.17) is 0 Å². The maximum atomic E-state index is 13.4. The molecule has 5 aromatic rings. The van der Waals surface area contributed by atoms with Gasteiger partial charge in [0, 0.05) is 5.75 Å². The summed E-state index contributed by atoms with van der Waals surface area (Å²) in [5, 5.41) is 19.4. The van der Waals surface area contributed by atoms with E-state index < -0.39 is 0 Å². The van der Waals surface area contributed by atoms with E-state index in [1.54, 1.807) is 4.57 Å². The molecule has 2 aromatic heterocycles. The van der Waals surface area contributed by atoms with E-state index in [-0.39, 0.29) is 5.56 Å². The summed E-state index contributed by atoms with van der Waals surface area (Å²) < 4.78 is 3.54. The molecule has 0 saturated heterocycles. The van der Waals surface area contributed by atoms with Crippen LogP contribution in [0.4, 0.5) is 0 Å². The largest absolute Gasteiger partial charge is 0.268 e. The van der Waals surface area contributed by atoms with E-state index in [2.05, 4.69) is 16.3 Å². The molecule has 31 heavy (non-hydrogen) atoms. The third-order valence-electron chi connectivity index (χ3n) is 5.25. The number of thioether (sulfide) groups is 1. The molecule has 0 aliphatic heterocycles. The van der Waals surface area contributed by atoms with Crippen LogP contribution >= 0.6 is 11.8 Å². The van der Waals surface area contributed by atoms with Gasteiger partial charge in [-0.05, 0) is 42.3 Å². The van der Waals surface area contributed by atoms with Crippen LogP contribution in [0.1, 0.15) is 16.7 Å². The predicted octanol–water partition coefficient (Wildman–Crippen LogP) is 4.51. The topological polar surface area (TPSA) is 76.0 Å². The molecule has 0 unspecified atom stereocenters. The summed E-state index contributed by atoms with van der Waals surface area (Å²) in [5.41, 5.74) is 3.96. The standard InChI is InChI=1S/C24H17N5OS/c1-16-8-2-6-12-20(16)28-22(30)19-11-5-7-13-21(19)29-23(28)26-27-24(29)31-15-18-10-4-3-9-17(18)14-25/h2-13H,15H2,1H3. The van der Waals surface area contributed by atoms with Crippen LogP contribution in [0.15, 0.2) is 82.7 Å². The molecule has 0 bridgehead atoms. The molecular weight excluding hydrogens is 406 g/mol. The summed E-state index contributed by atoms with van der Waals surface area (Å²) >= 11 is 1.49. The van der Waals surface area contributed by atoms with Crippen LogP contribution < -0.4 is 5.56 Å². The van der Waals surface area contributed by atoms with Crippen molar-refractivity contribution in [2.24, 2.45) is 0 Å². The van der Waals surface area contributed by atoms with Crippen molar-refractivity contribution in [2.45, 2.75) is 17.8 Å². The van der Waals surface area contributed by atoms with Crippen molar-refractivity contribution in [1.82, 2.24) is 19.2 Å². The number of para-hydroxylation sites is 2. The van der Waals surface area contributed by atoms with Crippen molar-refractivity contribution in [2.75, 3.05) is 0 Å². The van der Waals surface area contributed by atoms with Gasteiger partial charge < -0.3 is 0 Å². The lowest BCUT2D eigenvalue weighted by atomic mass is 10.1. The molecule has 0 radical (unpaired) electrons. The summed E-state index contributed by atoms with van der Waals surface area (Å²) in [5.74, 6) is 1.04. The minimum atomic E-state index is -0.129. The summed E-state index contributed by atoms with van der Waals surface area (Å²) in [6.07, 6.45) is 0. The molecule has 0 fully saturated rings. The van der Waals surface area contributed by atoms with Gasteiger partial charge in [-0.3, -0.25) is 9.20 Å². The molecule has 2 heterocycles. The van der Waals surface area contributed by atoms with Crippen LogP contribution in [0, 0.1) is 18.3 Å². The van der Waals surface area contributed by atoms with Crippen molar-refractivity contribution in [1.29, 1.82) is 5.26 Å². The molecule has 0 aliphatic rings. The SMILES string of the molecule is Cc1ccccc1-n1c(=O)c2ccccc2n2c(SCc3ccccc3C#N)nnc12. The smallest absolute Gasteiger partial charge is 0.267 e. The lowest BCUT2D eigenvalue weighted by Crippen LogP contribution is -2.22. The average Bonchev–Trinajstić information content (AvgIpc) is 3.23. The van der Waals surface area contributed by atoms with Crippen LogP contribution in [0.25, 0.3) is 22.4 Å². The highest BCUT2D eigenvalue weighted by molar-refractivity contribution is 7.98. The number of hydrogen-bond acceptors (Lipinski definition) is 5. The molecule has 6 nitrogen and oxygen atoms in total. The third-order valence-corrected chi connectivity index (χ3v) is 6.22. The van der Waals surface area contributed by atoms with E-state index in [9.17, 15) is 10.1 Å². The highest BCUT2D eigenvalue weighted by atomic mass is 32.2. The van der Waals surface area contributed by atoms with Gasteiger partial charge in [0.25, 0.3) is 5.56 Å². The summed E-state index contributed by atoms with van der Waals surface area (Å²) in [6, 6.07) is 25.0. The number of aromatic nitrogens is 4. The first-order chi connectivity index (χ1) is 15.2. The quantitative estimate of drug-likeness (QED) is 0.398. The molecule has 3 aromatic carbocycles. The Bertz CT molecular complexity index is 1540. The van der Waals surface area contributed by atoms with Gasteiger partial charge in [0.05, 0.1) is 28.2 Å². The van der Waals surface area contributed by atoms with Crippen LogP contribution in [0.2, 0.25) is 0 Å². The normalized spacial score (nSPS) is 11.1. The first kappa shape index (κ1) is 19.1. The summed E-state index contributed by atoms with van der Waals surface area (Å²) in [7, 11) is 0. The molecular formula is C24H17N5OS. The monoisotopic (exact) mass is 423 g/mol. The van der Waals surface area contributed by atoms with Crippen LogP contribution in [0.3, 0.4) is 0 Å². The van der Waals surface area contributed by atoms with Gasteiger partial charge in [0.15, 0.2) is 5.16 Å². The number of hydrogen-bond donors (Lipinski definition) is 0. The van der Waals surface area contributed by atoms with E-state index >= 15 is 0 Å². The highest BCUT2D eigenvalue weighted by Crippen LogP contribution is 2.27. The highest BCUT2D eigenvalue weighted by Gasteiger charge is 2.19. The minimum Gasteiger partial charge on any atom is -0.268 e. The molecule has 0 saturated carbocycles. The fraction of sp³-hybridized carbons (Fsp3) is 0.0833. The van der Waals surface area contributed by atoms with Crippen LogP contribution in [0.5, 0.6) is 0 Å². The fourth-order valence-electron chi connectivity index (χ4n) is 3.70. The van der Waals surface area contributed by atoms with Gasteiger partial charge >= 0.3 is 0 Å². The van der Waals surface area contributed by atoms with Crippen LogP contribution in [-0.2, 0) is 5.75 Å². The first-order valence-electron chi connectivity index (χ1n) is 9.74. The van der Waals surface area contributed by atoms with Gasteiger partial charge in [-0.1, -0.05) is 60.3 Å². The Balaban J connectivity index is 1.73. The number of fused-ring (bicyclic) bond motifs is 3. The van der Waals surface area contributed by atoms with Gasteiger partial charge in [-0.25, -0.2) is 4.57 Å². The van der Waals surface area contributed by atoms with Crippen LogP contribution in [-0.4, -0.2) is 19.2 Å². The molecule has 0 amide bonds. The molecule has 0 N–H and O–H groups in total. The second-order valence-electron chi connectivity index (χ2n) is 7.12. The first-order valence-corrected chi connectivity index (χ1v) is 10.7. The van der Waals surface area contributed by atoms with Crippen molar-refractivity contribution < 1.29 is 0 Å². The Kier molecular flexibility index (Phi) is 4.77. The zero-order valence-corrected chi connectivity index (χ0v) is 17.5. The fourth-order valence-corrected chi connectivity index (χ4v) is 4.65. The number of aryl methyl sites for hydroxylation is 1. The Morgan fingerprint density at radius 2 is 1.71 bits per heavy atom. The average molecular weight is 424 g/mol. The number of rotatable bonds is 4. The molecule has 5 rings (SSSR count). The van der Waals surface area contributed by atoms with Crippen molar-refractivity contribution in [3.63, 3.8) is 0 Å². The lowest BCUT2D eigenvalue weighted by molar-refractivity contribution is 0.928. The maximum absolute atomic E-state index is 13.4. The van der Waals surface area contributed by atoms with Gasteiger partial charge in [-0.15, -0.1) is 10.2 Å². The van der Waals surface area contributed by atoms with Crippen molar-refractivity contribution in [3.05, 3.63) is 99.8 Å². The molecule has 0 aliphatic carbocycles. The minimum absolute atomic E-state index is 0.129. The number of nitrogens with zero attached hydrogens (tertiary/aromatic N) is 5. The zero-order valence-electron chi connectivity index (χ0n) is 16.7. The van der Waals surface area contributed by atoms with Gasteiger partial charge in [0.2, 0.25) is 5.78 Å². The maximum Gasteiger partial charge on any atom is 0.267 e. The molecule has 7 heteroatoms. The molecule has 0 atom stereocenters. The predicted molar refractivity (Wildman–Crippen MR) is 122 cm³/mol.